The normalized spacial score (nSPS) is 18.5. The highest BCUT2D eigenvalue weighted by Gasteiger charge is 2.40. The van der Waals surface area contributed by atoms with Crippen LogP contribution in [0.15, 0.2) is 21.5 Å². The average Bonchev–Trinajstić information content (AvgIpc) is 2.92. The Labute approximate surface area is 138 Å². The highest BCUT2D eigenvalue weighted by Crippen LogP contribution is 2.35. The molecule has 1 amide bonds. The number of aliphatic carboxylic acids is 1. The van der Waals surface area contributed by atoms with Crippen molar-refractivity contribution < 1.29 is 19.1 Å². The summed E-state index contributed by atoms with van der Waals surface area (Å²) in [7, 11) is 0. The highest BCUT2D eigenvalue weighted by molar-refractivity contribution is 8.26. The fraction of sp³-hybridized carbons (Fsp3) is 0.400. The molecule has 0 radical (unpaired) electrons. The Hall–Kier alpha value is -1.60. The lowest BCUT2D eigenvalue weighted by Gasteiger charge is -2.24. The first-order chi connectivity index (χ1) is 10.3. The second-order valence-corrected chi connectivity index (χ2v) is 7.16. The molecule has 0 spiro atoms. The van der Waals surface area contributed by atoms with Crippen LogP contribution in [0.5, 0.6) is 0 Å². The molecule has 1 aliphatic heterocycles. The number of carbonyl (C=O) groups is 2. The molecule has 2 heterocycles. The number of carboxylic acid groups (broad SMARTS) is 1. The Morgan fingerprint density at radius 3 is 2.68 bits per heavy atom. The average molecular weight is 339 g/mol. The van der Waals surface area contributed by atoms with Crippen LogP contribution in [-0.2, 0) is 9.59 Å². The molecule has 1 aromatic heterocycles. The monoisotopic (exact) mass is 339 g/mol. The second kappa shape index (κ2) is 6.66. The third-order valence-electron chi connectivity index (χ3n) is 3.15. The SMILES string of the molecule is Cc1ccc(/C=C2/SC(=S)N([C@H](CC(C)C)C(=O)O)C2=O)o1. The molecule has 5 nitrogen and oxygen atoms in total. The molecule has 0 saturated carbocycles. The maximum atomic E-state index is 12.5. The number of nitrogens with zero attached hydrogens (tertiary/aromatic N) is 1. The fourth-order valence-corrected chi connectivity index (χ4v) is 3.51. The van der Waals surface area contributed by atoms with Gasteiger partial charge in [-0.25, -0.2) is 4.79 Å². The van der Waals surface area contributed by atoms with E-state index in [1.54, 1.807) is 18.2 Å². The number of carboxylic acids is 1. The molecule has 1 N–H and O–H groups in total. The largest absolute Gasteiger partial charge is 0.480 e. The molecule has 1 saturated heterocycles. The lowest BCUT2D eigenvalue weighted by atomic mass is 10.0. The van der Waals surface area contributed by atoms with Crippen LogP contribution in [-0.4, -0.2) is 32.2 Å². The number of aryl methyl sites for hydroxylation is 1. The second-order valence-electron chi connectivity index (χ2n) is 5.48. The van der Waals surface area contributed by atoms with Crippen molar-refractivity contribution in [2.75, 3.05) is 0 Å². The minimum Gasteiger partial charge on any atom is -0.480 e. The number of hydrogen-bond donors (Lipinski definition) is 1. The topological polar surface area (TPSA) is 70.8 Å². The number of carbonyl (C=O) groups excluding carboxylic acids is 1. The third kappa shape index (κ3) is 3.59. The summed E-state index contributed by atoms with van der Waals surface area (Å²) in [5.74, 6) is 0.0123. The van der Waals surface area contributed by atoms with Crippen LogP contribution >= 0.6 is 24.0 Å². The van der Waals surface area contributed by atoms with Gasteiger partial charge in [0.05, 0.1) is 4.91 Å². The number of amides is 1. The van der Waals surface area contributed by atoms with E-state index in [1.807, 2.05) is 20.8 Å². The Balaban J connectivity index is 2.27. The van der Waals surface area contributed by atoms with Crippen LogP contribution < -0.4 is 0 Å². The summed E-state index contributed by atoms with van der Waals surface area (Å²) in [6.07, 6.45) is 1.95. The van der Waals surface area contributed by atoms with E-state index in [-0.39, 0.29) is 16.1 Å². The molecule has 1 aliphatic rings. The van der Waals surface area contributed by atoms with Gasteiger partial charge in [-0.15, -0.1) is 0 Å². The zero-order valence-electron chi connectivity index (χ0n) is 12.5. The highest BCUT2D eigenvalue weighted by atomic mass is 32.2. The van der Waals surface area contributed by atoms with Crippen molar-refractivity contribution in [2.24, 2.45) is 5.92 Å². The zero-order chi connectivity index (χ0) is 16.4. The first-order valence-corrected chi connectivity index (χ1v) is 8.08. The Morgan fingerprint density at radius 2 is 2.18 bits per heavy atom. The maximum Gasteiger partial charge on any atom is 0.326 e. The molecule has 0 unspecified atom stereocenters. The first-order valence-electron chi connectivity index (χ1n) is 6.86. The number of hydrogen-bond acceptors (Lipinski definition) is 5. The Bertz CT molecular complexity index is 648. The van der Waals surface area contributed by atoms with Crippen LogP contribution in [0.3, 0.4) is 0 Å². The predicted molar refractivity (Wildman–Crippen MR) is 89.3 cm³/mol. The van der Waals surface area contributed by atoms with Gasteiger partial charge in [0.25, 0.3) is 5.91 Å². The minimum atomic E-state index is -1.04. The van der Waals surface area contributed by atoms with Gasteiger partial charge < -0.3 is 9.52 Å². The molecule has 2 rings (SSSR count). The summed E-state index contributed by atoms with van der Waals surface area (Å²) >= 11 is 6.30. The van der Waals surface area contributed by atoms with Gasteiger partial charge in [0, 0.05) is 6.08 Å². The number of furan rings is 1. The lowest BCUT2D eigenvalue weighted by Crippen LogP contribution is -2.44. The standard InChI is InChI=1S/C15H17NO4S2/c1-8(2)6-11(14(18)19)16-13(17)12(22-15(16)21)7-10-5-4-9(3)20-10/h4-5,7-8,11H,6H2,1-3H3,(H,18,19)/b12-7+/t11-/m1/s1. The van der Waals surface area contributed by atoms with Crippen molar-refractivity contribution in [1.82, 2.24) is 4.90 Å². The summed E-state index contributed by atoms with van der Waals surface area (Å²) in [5.41, 5.74) is 0. The molecule has 0 aromatic carbocycles. The Morgan fingerprint density at radius 1 is 1.50 bits per heavy atom. The predicted octanol–water partition coefficient (Wildman–Crippen LogP) is 3.29. The van der Waals surface area contributed by atoms with Crippen molar-refractivity contribution in [1.29, 1.82) is 0 Å². The minimum absolute atomic E-state index is 0.141. The smallest absolute Gasteiger partial charge is 0.326 e. The number of thioether (sulfide) groups is 1. The van der Waals surface area contributed by atoms with Crippen molar-refractivity contribution in [3.63, 3.8) is 0 Å². The van der Waals surface area contributed by atoms with E-state index in [4.69, 9.17) is 16.6 Å². The fourth-order valence-electron chi connectivity index (χ4n) is 2.17. The van der Waals surface area contributed by atoms with Crippen LogP contribution in [0, 0.1) is 12.8 Å². The maximum absolute atomic E-state index is 12.5. The van der Waals surface area contributed by atoms with Gasteiger partial charge in [0.2, 0.25) is 0 Å². The van der Waals surface area contributed by atoms with E-state index in [2.05, 4.69) is 0 Å². The van der Waals surface area contributed by atoms with Gasteiger partial charge in [0.15, 0.2) is 0 Å². The molecular weight excluding hydrogens is 322 g/mol. The van der Waals surface area contributed by atoms with Crippen molar-refractivity contribution in [2.45, 2.75) is 33.2 Å². The van der Waals surface area contributed by atoms with Crippen LogP contribution in [0.2, 0.25) is 0 Å². The summed E-state index contributed by atoms with van der Waals surface area (Å²) in [6.45, 7) is 5.63. The summed E-state index contributed by atoms with van der Waals surface area (Å²) in [4.78, 5) is 25.6. The van der Waals surface area contributed by atoms with E-state index in [0.29, 0.717) is 17.1 Å². The van der Waals surface area contributed by atoms with Gasteiger partial charge in [0.1, 0.15) is 21.9 Å². The van der Waals surface area contributed by atoms with E-state index in [0.717, 1.165) is 17.5 Å². The quantitative estimate of drug-likeness (QED) is 0.656. The molecule has 7 heteroatoms. The van der Waals surface area contributed by atoms with E-state index in [9.17, 15) is 14.7 Å². The van der Waals surface area contributed by atoms with E-state index < -0.39 is 12.0 Å². The Kier molecular flexibility index (Phi) is 5.08. The van der Waals surface area contributed by atoms with E-state index in [1.165, 1.54) is 4.90 Å². The zero-order valence-corrected chi connectivity index (χ0v) is 14.2. The first kappa shape index (κ1) is 16.8. The van der Waals surface area contributed by atoms with Crippen molar-refractivity contribution >= 4 is 46.3 Å². The number of thiocarbonyl (C=S) groups is 1. The molecule has 118 valence electrons. The van der Waals surface area contributed by atoms with Crippen LogP contribution in [0.25, 0.3) is 6.08 Å². The van der Waals surface area contributed by atoms with Gasteiger partial charge in [-0.3, -0.25) is 9.69 Å². The molecular formula is C15H17NO4S2. The summed E-state index contributed by atoms with van der Waals surface area (Å²) < 4.78 is 5.69. The van der Waals surface area contributed by atoms with Gasteiger partial charge in [-0.1, -0.05) is 37.8 Å². The molecule has 1 aromatic rings. The van der Waals surface area contributed by atoms with Gasteiger partial charge in [-0.05, 0) is 31.4 Å². The summed E-state index contributed by atoms with van der Waals surface area (Å²) in [5, 5.41) is 9.40. The van der Waals surface area contributed by atoms with Gasteiger partial charge in [-0.2, -0.15) is 0 Å². The number of rotatable bonds is 5. The van der Waals surface area contributed by atoms with Crippen LogP contribution in [0.4, 0.5) is 0 Å². The van der Waals surface area contributed by atoms with Crippen LogP contribution in [0.1, 0.15) is 31.8 Å². The van der Waals surface area contributed by atoms with Crippen molar-refractivity contribution in [3.8, 4) is 0 Å². The molecule has 22 heavy (non-hydrogen) atoms. The molecule has 0 aliphatic carbocycles. The van der Waals surface area contributed by atoms with E-state index >= 15 is 0 Å². The van der Waals surface area contributed by atoms with Gasteiger partial charge >= 0.3 is 5.97 Å². The molecule has 1 fully saturated rings. The third-order valence-corrected chi connectivity index (χ3v) is 4.48. The lowest BCUT2D eigenvalue weighted by molar-refractivity contribution is -0.145. The molecule has 1 atom stereocenters. The molecule has 0 bridgehead atoms. The summed E-state index contributed by atoms with van der Waals surface area (Å²) in [6, 6.07) is 2.62. The van der Waals surface area contributed by atoms with Crippen molar-refractivity contribution in [3.05, 3.63) is 28.6 Å².